The van der Waals surface area contributed by atoms with Gasteiger partial charge in [-0.1, -0.05) is 12.1 Å². The van der Waals surface area contributed by atoms with Gasteiger partial charge in [-0.2, -0.15) is 10.4 Å². The van der Waals surface area contributed by atoms with E-state index in [4.69, 9.17) is 4.42 Å². The van der Waals surface area contributed by atoms with Crippen LogP contribution in [0.4, 0.5) is 5.95 Å². The van der Waals surface area contributed by atoms with Gasteiger partial charge in [-0.25, -0.2) is 15.0 Å². The summed E-state index contributed by atoms with van der Waals surface area (Å²) >= 11 is 0. The number of aryl methyl sites for hydroxylation is 1. The minimum atomic E-state index is -0.690. The number of hydrogen-bond acceptors (Lipinski definition) is 7. The molecule has 0 amide bonds. The van der Waals surface area contributed by atoms with Gasteiger partial charge in [-0.3, -0.25) is 4.68 Å². The molecule has 0 radical (unpaired) electrons. The van der Waals surface area contributed by atoms with E-state index in [0.29, 0.717) is 29.7 Å². The summed E-state index contributed by atoms with van der Waals surface area (Å²) in [6, 6.07) is 13.3. The fourth-order valence-electron chi connectivity index (χ4n) is 2.75. The number of nitrogens with zero attached hydrogens (tertiary/aromatic N) is 6. The quantitative estimate of drug-likeness (QED) is 0.506. The minimum Gasteiger partial charge on any atom is -0.439 e. The molecule has 0 saturated carbocycles. The Balaban J connectivity index is 1.46. The van der Waals surface area contributed by atoms with Gasteiger partial charge < -0.3 is 9.73 Å². The third-order valence-electron chi connectivity index (χ3n) is 4.07. The number of nitriles is 1. The number of para-hydroxylation sites is 2. The zero-order valence-electron chi connectivity index (χ0n) is 14.5. The predicted octanol–water partition coefficient (Wildman–Crippen LogP) is 2.97. The first-order chi connectivity index (χ1) is 13.3. The van der Waals surface area contributed by atoms with Crippen molar-refractivity contribution >= 4 is 17.0 Å². The molecule has 0 bridgehead atoms. The molecule has 0 saturated heterocycles. The molecule has 0 aliphatic heterocycles. The van der Waals surface area contributed by atoms with Crippen molar-refractivity contribution in [2.45, 2.75) is 18.9 Å². The van der Waals surface area contributed by atoms with E-state index in [0.717, 1.165) is 18.5 Å². The van der Waals surface area contributed by atoms with Crippen molar-refractivity contribution in [1.29, 1.82) is 5.26 Å². The van der Waals surface area contributed by atoms with E-state index in [9.17, 15) is 5.26 Å². The monoisotopic (exact) mass is 359 g/mol. The van der Waals surface area contributed by atoms with Crippen LogP contribution in [0.15, 0.2) is 59.4 Å². The van der Waals surface area contributed by atoms with E-state index in [1.807, 2.05) is 41.2 Å². The molecule has 0 aliphatic rings. The molecule has 8 nitrogen and oxygen atoms in total. The van der Waals surface area contributed by atoms with Crippen LogP contribution in [0.5, 0.6) is 0 Å². The van der Waals surface area contributed by atoms with Crippen molar-refractivity contribution in [3.8, 4) is 6.07 Å². The Bertz CT molecular complexity index is 1030. The molecule has 3 aromatic heterocycles. The Hall–Kier alpha value is -3.73. The Morgan fingerprint density at radius 2 is 2.07 bits per heavy atom. The van der Waals surface area contributed by atoms with E-state index < -0.39 is 5.92 Å². The summed E-state index contributed by atoms with van der Waals surface area (Å²) in [5.41, 5.74) is 1.92. The van der Waals surface area contributed by atoms with Crippen molar-refractivity contribution < 1.29 is 4.42 Å². The SMILES string of the molecule is N#CC(c1ccnc(NCCCn2cccn2)n1)c1nc2ccccc2o1. The van der Waals surface area contributed by atoms with Crippen molar-refractivity contribution in [2.24, 2.45) is 0 Å². The Kier molecular flexibility index (Phi) is 4.74. The summed E-state index contributed by atoms with van der Waals surface area (Å²) in [6.07, 6.45) is 6.19. The Morgan fingerprint density at radius 1 is 1.15 bits per heavy atom. The van der Waals surface area contributed by atoms with Gasteiger partial charge in [0.1, 0.15) is 5.52 Å². The summed E-state index contributed by atoms with van der Waals surface area (Å²) in [5, 5.41) is 17.0. The molecule has 1 unspecified atom stereocenters. The van der Waals surface area contributed by atoms with Crippen molar-refractivity contribution in [3.63, 3.8) is 0 Å². The highest BCUT2D eigenvalue weighted by molar-refractivity contribution is 5.72. The summed E-state index contributed by atoms with van der Waals surface area (Å²) in [5.74, 6) is 0.122. The molecule has 4 aromatic rings. The lowest BCUT2D eigenvalue weighted by molar-refractivity contribution is 0.525. The average molecular weight is 359 g/mol. The number of rotatable bonds is 7. The number of benzene rings is 1. The first-order valence-corrected chi connectivity index (χ1v) is 8.63. The maximum Gasteiger partial charge on any atom is 0.222 e. The Labute approximate surface area is 155 Å². The lowest BCUT2D eigenvalue weighted by atomic mass is 10.1. The fraction of sp³-hybridized carbons (Fsp3) is 0.211. The zero-order valence-corrected chi connectivity index (χ0v) is 14.5. The summed E-state index contributed by atoms with van der Waals surface area (Å²) < 4.78 is 7.60. The summed E-state index contributed by atoms with van der Waals surface area (Å²) in [6.45, 7) is 1.51. The number of anilines is 1. The highest BCUT2D eigenvalue weighted by Gasteiger charge is 2.22. The third-order valence-corrected chi connectivity index (χ3v) is 4.07. The average Bonchev–Trinajstić information content (AvgIpc) is 3.36. The lowest BCUT2D eigenvalue weighted by Crippen LogP contribution is -2.11. The van der Waals surface area contributed by atoms with Crippen LogP contribution in [0.3, 0.4) is 0 Å². The van der Waals surface area contributed by atoms with Gasteiger partial charge in [-0.15, -0.1) is 0 Å². The van der Waals surface area contributed by atoms with Gasteiger partial charge in [0.05, 0.1) is 11.8 Å². The maximum atomic E-state index is 9.63. The molecular formula is C19H17N7O. The van der Waals surface area contributed by atoms with Crippen LogP contribution in [0.1, 0.15) is 23.9 Å². The zero-order chi connectivity index (χ0) is 18.5. The number of nitrogens with one attached hydrogen (secondary N) is 1. The van der Waals surface area contributed by atoms with Crippen molar-refractivity contribution in [1.82, 2.24) is 24.7 Å². The number of oxazole rings is 1. The van der Waals surface area contributed by atoms with Gasteiger partial charge in [0, 0.05) is 31.7 Å². The number of aromatic nitrogens is 5. The van der Waals surface area contributed by atoms with Gasteiger partial charge in [0.25, 0.3) is 0 Å². The molecule has 27 heavy (non-hydrogen) atoms. The van der Waals surface area contributed by atoms with Crippen LogP contribution in [-0.4, -0.2) is 31.3 Å². The molecule has 1 aromatic carbocycles. The highest BCUT2D eigenvalue weighted by atomic mass is 16.3. The smallest absolute Gasteiger partial charge is 0.222 e. The van der Waals surface area contributed by atoms with Gasteiger partial charge >= 0.3 is 0 Å². The molecule has 1 atom stereocenters. The topological polar surface area (TPSA) is 105 Å². The molecule has 134 valence electrons. The van der Waals surface area contributed by atoms with Gasteiger partial charge in [0.15, 0.2) is 11.5 Å². The second-order valence-electron chi connectivity index (χ2n) is 5.94. The van der Waals surface area contributed by atoms with Crippen LogP contribution in [0.2, 0.25) is 0 Å². The van der Waals surface area contributed by atoms with Gasteiger partial charge in [0.2, 0.25) is 11.8 Å². The molecule has 0 fully saturated rings. The predicted molar refractivity (Wildman–Crippen MR) is 98.8 cm³/mol. The molecule has 1 N–H and O–H groups in total. The number of fused-ring (bicyclic) bond motifs is 1. The second kappa shape index (κ2) is 7.66. The van der Waals surface area contributed by atoms with E-state index in [-0.39, 0.29) is 0 Å². The fourth-order valence-corrected chi connectivity index (χ4v) is 2.75. The molecule has 8 heteroatoms. The lowest BCUT2D eigenvalue weighted by Gasteiger charge is -2.08. The summed E-state index contributed by atoms with van der Waals surface area (Å²) in [7, 11) is 0. The standard InChI is InChI=1S/C19H17N7O/c20-13-14(18-24-16-5-1-2-6-17(16)27-18)15-7-10-22-19(25-15)21-8-3-11-26-12-4-9-23-26/h1-2,4-7,9-10,12,14H,3,8,11H2,(H,21,22,25). The van der Waals surface area contributed by atoms with Crippen LogP contribution >= 0.6 is 0 Å². The second-order valence-corrected chi connectivity index (χ2v) is 5.94. The third kappa shape index (κ3) is 3.77. The molecule has 0 aliphatic carbocycles. The minimum absolute atomic E-state index is 0.335. The molecule has 4 rings (SSSR count). The van der Waals surface area contributed by atoms with Gasteiger partial charge in [-0.05, 0) is 30.7 Å². The van der Waals surface area contributed by atoms with Crippen LogP contribution in [-0.2, 0) is 6.54 Å². The van der Waals surface area contributed by atoms with E-state index in [1.165, 1.54) is 0 Å². The van der Waals surface area contributed by atoms with E-state index in [2.05, 4.69) is 31.4 Å². The maximum absolute atomic E-state index is 9.63. The number of hydrogen-bond donors (Lipinski definition) is 1. The summed E-state index contributed by atoms with van der Waals surface area (Å²) in [4.78, 5) is 13.1. The van der Waals surface area contributed by atoms with E-state index in [1.54, 1.807) is 18.5 Å². The molecule has 0 spiro atoms. The Morgan fingerprint density at radius 3 is 2.89 bits per heavy atom. The van der Waals surface area contributed by atoms with Crippen LogP contribution < -0.4 is 5.32 Å². The van der Waals surface area contributed by atoms with Crippen molar-refractivity contribution in [2.75, 3.05) is 11.9 Å². The normalized spacial score (nSPS) is 12.0. The highest BCUT2D eigenvalue weighted by Crippen LogP contribution is 2.25. The van der Waals surface area contributed by atoms with Crippen molar-refractivity contribution in [3.05, 3.63) is 66.6 Å². The molecule has 3 heterocycles. The van der Waals surface area contributed by atoms with E-state index >= 15 is 0 Å². The van der Waals surface area contributed by atoms with Crippen LogP contribution in [0, 0.1) is 11.3 Å². The largest absolute Gasteiger partial charge is 0.439 e. The molecular weight excluding hydrogens is 342 g/mol. The van der Waals surface area contributed by atoms with Crippen LogP contribution in [0.25, 0.3) is 11.1 Å². The first kappa shape index (κ1) is 16.7. The first-order valence-electron chi connectivity index (χ1n) is 8.63.